The molecular weight excluding hydrogens is 341 g/mol. The highest BCUT2D eigenvalue weighted by Gasteiger charge is 2.34. The summed E-state index contributed by atoms with van der Waals surface area (Å²) in [4.78, 5) is 22.1. The molecule has 1 heterocycles. The molecule has 2 rings (SSSR count). The number of phenolic OH excluding ortho intramolecular Hbond substituents is 1. The Morgan fingerprint density at radius 1 is 1.26 bits per heavy atom. The van der Waals surface area contributed by atoms with Gasteiger partial charge in [0.15, 0.2) is 5.75 Å². The van der Waals surface area contributed by atoms with Crippen LogP contribution in [-0.4, -0.2) is 14.6 Å². The summed E-state index contributed by atoms with van der Waals surface area (Å²) in [7, 11) is 0.928. The summed E-state index contributed by atoms with van der Waals surface area (Å²) in [6.07, 6.45) is -4.73. The SMILES string of the molecule is Cn1c(C(F)(F)F)ccc(-c2cc([N+](=O)[O-])c(O)cc2Cl)c1=O. The van der Waals surface area contributed by atoms with Gasteiger partial charge < -0.3 is 9.67 Å². The molecule has 0 fully saturated rings. The Balaban J connectivity index is 2.74. The van der Waals surface area contributed by atoms with E-state index >= 15 is 0 Å². The zero-order valence-corrected chi connectivity index (χ0v) is 12.1. The van der Waals surface area contributed by atoms with Crippen LogP contribution in [-0.2, 0) is 13.2 Å². The molecule has 0 radical (unpaired) electrons. The van der Waals surface area contributed by atoms with Crippen molar-refractivity contribution in [2.24, 2.45) is 7.05 Å². The van der Waals surface area contributed by atoms with E-state index in [9.17, 15) is 33.2 Å². The molecule has 0 atom stereocenters. The largest absolute Gasteiger partial charge is 0.502 e. The molecule has 0 bridgehead atoms. The molecule has 1 aromatic carbocycles. The first-order valence-corrected chi connectivity index (χ1v) is 6.36. The number of rotatable bonds is 2. The van der Waals surface area contributed by atoms with Gasteiger partial charge in [-0.15, -0.1) is 0 Å². The number of phenols is 1. The number of benzene rings is 1. The normalized spacial score (nSPS) is 11.5. The standard InChI is InChI=1S/C13H8ClF3N2O4/c1-18-11(13(15,16)17)3-2-6(12(18)21)7-4-9(19(22)23)10(20)5-8(7)14/h2-5,20H,1H3. The summed E-state index contributed by atoms with van der Waals surface area (Å²) in [6.45, 7) is 0. The first kappa shape index (κ1) is 16.8. The molecule has 0 aliphatic heterocycles. The molecule has 1 aromatic heterocycles. The second-order valence-electron chi connectivity index (χ2n) is 4.57. The van der Waals surface area contributed by atoms with Crippen LogP contribution < -0.4 is 5.56 Å². The summed E-state index contributed by atoms with van der Waals surface area (Å²) in [5, 5.41) is 20.1. The summed E-state index contributed by atoms with van der Waals surface area (Å²) in [5.41, 5.74) is -3.32. The van der Waals surface area contributed by atoms with Crippen LogP contribution in [0.4, 0.5) is 18.9 Å². The Hall–Kier alpha value is -2.55. The quantitative estimate of drug-likeness (QED) is 0.666. The topological polar surface area (TPSA) is 85.4 Å². The van der Waals surface area contributed by atoms with Gasteiger partial charge in [-0.3, -0.25) is 14.9 Å². The van der Waals surface area contributed by atoms with E-state index in [1.807, 2.05) is 0 Å². The van der Waals surface area contributed by atoms with Crippen molar-refractivity contribution in [3.8, 4) is 16.9 Å². The van der Waals surface area contributed by atoms with Crippen LogP contribution >= 0.6 is 11.6 Å². The molecular formula is C13H8ClF3N2O4. The van der Waals surface area contributed by atoms with E-state index in [4.69, 9.17) is 11.6 Å². The lowest BCUT2D eigenvalue weighted by molar-refractivity contribution is -0.385. The first-order valence-electron chi connectivity index (χ1n) is 5.98. The maximum absolute atomic E-state index is 12.8. The summed E-state index contributed by atoms with van der Waals surface area (Å²) in [5.74, 6) is -0.715. The van der Waals surface area contributed by atoms with Gasteiger partial charge >= 0.3 is 11.9 Å². The zero-order valence-electron chi connectivity index (χ0n) is 11.4. The highest BCUT2D eigenvalue weighted by atomic mass is 35.5. The third kappa shape index (κ3) is 3.00. The molecule has 10 heteroatoms. The van der Waals surface area contributed by atoms with Gasteiger partial charge in [0.25, 0.3) is 5.56 Å². The fourth-order valence-electron chi connectivity index (χ4n) is 2.03. The third-order valence-electron chi connectivity index (χ3n) is 3.15. The van der Waals surface area contributed by atoms with Crippen LogP contribution in [0.1, 0.15) is 5.69 Å². The smallest absolute Gasteiger partial charge is 0.431 e. The Bertz CT molecular complexity index is 862. The zero-order chi connectivity index (χ0) is 17.5. The van der Waals surface area contributed by atoms with E-state index in [0.717, 1.165) is 25.2 Å². The fraction of sp³-hybridized carbons (Fsp3) is 0.154. The predicted molar refractivity (Wildman–Crippen MR) is 75.5 cm³/mol. The minimum Gasteiger partial charge on any atom is -0.502 e. The number of hydrogen-bond donors (Lipinski definition) is 1. The number of halogens is 4. The minimum absolute atomic E-state index is 0.148. The van der Waals surface area contributed by atoms with E-state index in [2.05, 4.69) is 0 Å². The first-order chi connectivity index (χ1) is 10.5. The maximum atomic E-state index is 12.8. The number of pyridine rings is 1. The van der Waals surface area contributed by atoms with Gasteiger partial charge in [0.2, 0.25) is 0 Å². The number of alkyl halides is 3. The average Bonchev–Trinajstić information content (AvgIpc) is 2.40. The monoisotopic (exact) mass is 348 g/mol. The lowest BCUT2D eigenvalue weighted by Crippen LogP contribution is -2.26. The number of nitrogens with zero attached hydrogens (tertiary/aromatic N) is 2. The second-order valence-corrected chi connectivity index (χ2v) is 4.98. The van der Waals surface area contributed by atoms with E-state index in [-0.39, 0.29) is 16.1 Å². The number of nitro groups is 1. The lowest BCUT2D eigenvalue weighted by Gasteiger charge is -2.13. The van der Waals surface area contributed by atoms with Crippen molar-refractivity contribution >= 4 is 17.3 Å². The van der Waals surface area contributed by atoms with Gasteiger partial charge in [0.05, 0.1) is 9.95 Å². The maximum Gasteiger partial charge on any atom is 0.431 e. The molecule has 0 aliphatic carbocycles. The van der Waals surface area contributed by atoms with Crippen molar-refractivity contribution in [2.45, 2.75) is 6.18 Å². The Morgan fingerprint density at radius 3 is 2.39 bits per heavy atom. The van der Waals surface area contributed by atoms with Gasteiger partial charge in [-0.2, -0.15) is 13.2 Å². The highest BCUT2D eigenvalue weighted by Crippen LogP contribution is 2.37. The molecule has 0 saturated heterocycles. The summed E-state index contributed by atoms with van der Waals surface area (Å²) >= 11 is 5.84. The highest BCUT2D eigenvalue weighted by molar-refractivity contribution is 6.33. The van der Waals surface area contributed by atoms with Crippen molar-refractivity contribution in [3.05, 3.63) is 55.5 Å². The molecule has 122 valence electrons. The van der Waals surface area contributed by atoms with Crippen molar-refractivity contribution < 1.29 is 23.2 Å². The number of nitro benzene ring substituents is 1. The van der Waals surface area contributed by atoms with Gasteiger partial charge in [0, 0.05) is 30.3 Å². The Labute approximate surface area is 131 Å². The van der Waals surface area contributed by atoms with Crippen LogP contribution in [0.15, 0.2) is 29.1 Å². The van der Waals surface area contributed by atoms with Crippen LogP contribution in [0.25, 0.3) is 11.1 Å². The van der Waals surface area contributed by atoms with Crippen molar-refractivity contribution in [2.75, 3.05) is 0 Å². The van der Waals surface area contributed by atoms with Gasteiger partial charge in [-0.25, -0.2) is 0 Å². The molecule has 0 aliphatic rings. The van der Waals surface area contributed by atoms with E-state index in [1.165, 1.54) is 0 Å². The van der Waals surface area contributed by atoms with Crippen molar-refractivity contribution in [1.82, 2.24) is 4.57 Å². The van der Waals surface area contributed by atoms with Crippen molar-refractivity contribution in [3.63, 3.8) is 0 Å². The molecule has 23 heavy (non-hydrogen) atoms. The van der Waals surface area contributed by atoms with Gasteiger partial charge in [-0.05, 0) is 12.1 Å². The minimum atomic E-state index is -4.73. The van der Waals surface area contributed by atoms with Crippen molar-refractivity contribution in [1.29, 1.82) is 0 Å². The molecule has 0 unspecified atom stereocenters. The van der Waals surface area contributed by atoms with E-state index < -0.39 is 33.8 Å². The number of aromatic nitrogens is 1. The van der Waals surface area contributed by atoms with E-state index in [0.29, 0.717) is 10.6 Å². The van der Waals surface area contributed by atoms with Gasteiger partial charge in [-0.1, -0.05) is 11.6 Å². The fourth-order valence-corrected chi connectivity index (χ4v) is 2.29. The van der Waals surface area contributed by atoms with Crippen LogP contribution in [0, 0.1) is 10.1 Å². The number of aromatic hydroxyl groups is 1. The van der Waals surface area contributed by atoms with Crippen LogP contribution in [0.5, 0.6) is 5.75 Å². The molecule has 6 nitrogen and oxygen atoms in total. The molecule has 0 spiro atoms. The summed E-state index contributed by atoms with van der Waals surface area (Å²) in [6, 6.07) is 3.24. The molecule has 0 amide bonds. The second kappa shape index (κ2) is 5.58. The molecule has 2 aromatic rings. The Morgan fingerprint density at radius 2 is 1.87 bits per heavy atom. The summed E-state index contributed by atoms with van der Waals surface area (Å²) < 4.78 is 38.6. The third-order valence-corrected chi connectivity index (χ3v) is 3.46. The van der Waals surface area contributed by atoms with Crippen LogP contribution in [0.3, 0.4) is 0 Å². The lowest BCUT2D eigenvalue weighted by atomic mass is 10.1. The Kier molecular flexibility index (Phi) is 4.08. The number of hydrogen-bond acceptors (Lipinski definition) is 4. The van der Waals surface area contributed by atoms with E-state index in [1.54, 1.807) is 0 Å². The molecule has 0 saturated carbocycles. The predicted octanol–water partition coefficient (Wildman–Crippen LogP) is 3.34. The molecule has 1 N–H and O–H groups in total. The van der Waals surface area contributed by atoms with Gasteiger partial charge in [0.1, 0.15) is 5.69 Å². The van der Waals surface area contributed by atoms with Crippen LogP contribution in [0.2, 0.25) is 5.02 Å². The average molecular weight is 349 g/mol.